The van der Waals surface area contributed by atoms with Gasteiger partial charge < -0.3 is 15.5 Å². The van der Waals surface area contributed by atoms with Crippen molar-refractivity contribution in [1.29, 1.82) is 0 Å². The molecule has 24 heavy (non-hydrogen) atoms. The first kappa shape index (κ1) is 15.4. The number of aromatic nitrogens is 1. The third-order valence-electron chi connectivity index (χ3n) is 5.59. The van der Waals surface area contributed by atoms with Crippen molar-refractivity contribution >= 4 is 5.91 Å². The Kier molecular flexibility index (Phi) is 3.88. The molecule has 1 heterocycles. The van der Waals surface area contributed by atoms with Crippen molar-refractivity contribution in [3.05, 3.63) is 42.4 Å². The molecule has 5 atom stereocenters. The van der Waals surface area contributed by atoms with Gasteiger partial charge in [0.25, 0.3) is 0 Å². The van der Waals surface area contributed by atoms with Gasteiger partial charge in [-0.3, -0.25) is 4.79 Å². The molecule has 0 spiro atoms. The molecule has 0 radical (unpaired) electrons. The van der Waals surface area contributed by atoms with Crippen molar-refractivity contribution in [3.8, 4) is 11.3 Å². The minimum atomic E-state index is -0.263. The fraction of sp³-hybridized carbons (Fsp3) is 0.474. The first-order valence-corrected chi connectivity index (χ1v) is 8.70. The lowest BCUT2D eigenvalue weighted by Crippen LogP contribution is -2.45. The van der Waals surface area contributed by atoms with Crippen LogP contribution in [0, 0.1) is 17.8 Å². The minimum absolute atomic E-state index is 0.000361. The van der Waals surface area contributed by atoms with Crippen LogP contribution in [0.3, 0.4) is 0 Å². The predicted octanol–water partition coefficient (Wildman–Crippen LogP) is 2.89. The van der Waals surface area contributed by atoms with Gasteiger partial charge >= 0.3 is 0 Å². The summed E-state index contributed by atoms with van der Waals surface area (Å²) in [5.74, 6) is 2.19. The van der Waals surface area contributed by atoms with Crippen molar-refractivity contribution in [3.63, 3.8) is 0 Å². The van der Waals surface area contributed by atoms with E-state index in [1.54, 1.807) is 6.20 Å². The van der Waals surface area contributed by atoms with E-state index in [-0.39, 0.29) is 23.9 Å². The second-order valence-corrected chi connectivity index (χ2v) is 7.10. The van der Waals surface area contributed by atoms with Gasteiger partial charge in [0.05, 0.1) is 12.1 Å². The molecule has 0 aliphatic heterocycles. The van der Waals surface area contributed by atoms with Gasteiger partial charge in [0.1, 0.15) is 6.04 Å². The first-order chi connectivity index (χ1) is 11.6. The van der Waals surface area contributed by atoms with Crippen molar-refractivity contribution in [2.45, 2.75) is 38.3 Å². The maximum atomic E-state index is 12.6. The lowest BCUT2D eigenvalue weighted by molar-refractivity contribution is -0.127. The monoisotopic (exact) mass is 325 g/mol. The second-order valence-electron chi connectivity index (χ2n) is 7.10. The number of nitrogens with two attached hydrogens (primary N) is 1. The highest BCUT2D eigenvalue weighted by atomic mass is 16.4. The zero-order valence-corrected chi connectivity index (χ0v) is 13.8. The average molecular weight is 325 g/mol. The Bertz CT molecular complexity index is 725. The maximum absolute atomic E-state index is 12.6. The molecular formula is C19H23N3O2. The Morgan fingerprint density at radius 1 is 1.29 bits per heavy atom. The topological polar surface area (TPSA) is 81.2 Å². The van der Waals surface area contributed by atoms with Gasteiger partial charge in [-0.05, 0) is 38.0 Å². The number of hydrogen-bond donors (Lipinski definition) is 2. The molecule has 2 fully saturated rings. The molecule has 2 aliphatic carbocycles. The Morgan fingerprint density at radius 2 is 2.04 bits per heavy atom. The van der Waals surface area contributed by atoms with Crippen LogP contribution in [0.25, 0.3) is 11.3 Å². The van der Waals surface area contributed by atoms with E-state index >= 15 is 0 Å². The van der Waals surface area contributed by atoms with Crippen LogP contribution in [-0.4, -0.2) is 16.9 Å². The zero-order valence-electron chi connectivity index (χ0n) is 13.8. The number of nitrogens with zero attached hydrogens (tertiary/aromatic N) is 1. The maximum Gasteiger partial charge on any atom is 0.225 e. The molecule has 2 aliphatic rings. The molecule has 5 heteroatoms. The summed E-state index contributed by atoms with van der Waals surface area (Å²) in [6.07, 6.45) is 5.11. The fourth-order valence-corrected chi connectivity index (χ4v) is 4.32. The van der Waals surface area contributed by atoms with Gasteiger partial charge in [-0.2, -0.15) is 0 Å². The Labute approximate surface area is 141 Å². The number of fused-ring (bicyclic) bond motifs is 2. The zero-order chi connectivity index (χ0) is 16.7. The van der Waals surface area contributed by atoms with Crippen molar-refractivity contribution < 1.29 is 9.21 Å². The van der Waals surface area contributed by atoms with Crippen LogP contribution in [0.4, 0.5) is 0 Å². The van der Waals surface area contributed by atoms with Gasteiger partial charge in [-0.25, -0.2) is 4.98 Å². The lowest BCUT2D eigenvalue weighted by Gasteiger charge is -2.27. The van der Waals surface area contributed by atoms with E-state index in [0.717, 1.165) is 18.4 Å². The van der Waals surface area contributed by atoms with Crippen LogP contribution in [0.5, 0.6) is 0 Å². The normalized spacial score (nSPS) is 29.6. The van der Waals surface area contributed by atoms with E-state index in [1.165, 1.54) is 6.42 Å². The summed E-state index contributed by atoms with van der Waals surface area (Å²) in [6.45, 7) is 1.90. The number of oxazole rings is 1. The molecule has 1 aromatic heterocycles. The smallest absolute Gasteiger partial charge is 0.225 e. The van der Waals surface area contributed by atoms with Crippen LogP contribution < -0.4 is 11.1 Å². The van der Waals surface area contributed by atoms with Crippen molar-refractivity contribution in [2.24, 2.45) is 23.5 Å². The van der Waals surface area contributed by atoms with Gasteiger partial charge in [0.2, 0.25) is 11.8 Å². The molecular weight excluding hydrogens is 302 g/mol. The molecule has 2 bridgehead atoms. The predicted molar refractivity (Wildman–Crippen MR) is 90.8 cm³/mol. The summed E-state index contributed by atoms with van der Waals surface area (Å²) >= 11 is 0. The van der Waals surface area contributed by atoms with E-state index in [0.29, 0.717) is 23.5 Å². The molecule has 3 N–H and O–H groups in total. The minimum Gasteiger partial charge on any atom is -0.438 e. The number of carbonyl (C=O) groups excluding carboxylic acids is 1. The van der Waals surface area contributed by atoms with E-state index in [4.69, 9.17) is 10.2 Å². The summed E-state index contributed by atoms with van der Waals surface area (Å²) in [6, 6.07) is 9.56. The highest BCUT2D eigenvalue weighted by Gasteiger charge is 2.49. The summed E-state index contributed by atoms with van der Waals surface area (Å²) in [5.41, 5.74) is 7.24. The van der Waals surface area contributed by atoms with E-state index in [9.17, 15) is 4.79 Å². The van der Waals surface area contributed by atoms with Crippen LogP contribution >= 0.6 is 0 Å². The van der Waals surface area contributed by atoms with Crippen molar-refractivity contribution in [2.75, 3.05) is 0 Å². The largest absolute Gasteiger partial charge is 0.438 e. The highest BCUT2D eigenvalue weighted by Crippen LogP contribution is 2.47. The molecule has 2 aromatic rings. The van der Waals surface area contributed by atoms with Crippen LogP contribution in [0.15, 0.2) is 40.9 Å². The number of hydrogen-bond acceptors (Lipinski definition) is 4. The third kappa shape index (κ3) is 2.63. The average Bonchev–Trinajstić information content (AvgIpc) is 3.31. The molecule has 126 valence electrons. The van der Waals surface area contributed by atoms with Crippen LogP contribution in [-0.2, 0) is 4.79 Å². The number of carbonyl (C=O) groups is 1. The number of amides is 1. The Hall–Kier alpha value is -2.14. The quantitative estimate of drug-likeness (QED) is 0.905. The van der Waals surface area contributed by atoms with Gasteiger partial charge in [0, 0.05) is 11.6 Å². The molecule has 2 saturated carbocycles. The summed E-state index contributed by atoms with van der Waals surface area (Å²) in [7, 11) is 0. The molecule has 1 aromatic carbocycles. The fourth-order valence-electron chi connectivity index (χ4n) is 4.32. The van der Waals surface area contributed by atoms with Crippen LogP contribution in [0.1, 0.15) is 38.1 Å². The summed E-state index contributed by atoms with van der Waals surface area (Å²) in [5, 5.41) is 3.04. The number of rotatable bonds is 4. The van der Waals surface area contributed by atoms with E-state index < -0.39 is 0 Å². The molecule has 5 nitrogen and oxygen atoms in total. The highest BCUT2D eigenvalue weighted by molar-refractivity contribution is 5.80. The summed E-state index contributed by atoms with van der Waals surface area (Å²) in [4.78, 5) is 17.0. The van der Waals surface area contributed by atoms with Crippen LogP contribution in [0.2, 0.25) is 0 Å². The molecule has 1 amide bonds. The number of nitrogens with one attached hydrogen (secondary N) is 1. The molecule has 0 saturated heterocycles. The first-order valence-electron chi connectivity index (χ1n) is 8.70. The third-order valence-corrected chi connectivity index (χ3v) is 5.59. The van der Waals surface area contributed by atoms with E-state index in [2.05, 4.69) is 10.3 Å². The SMILES string of the molecule is CC(NC(=O)C1C2CCC(C2)C1N)c1ncc(-c2ccccc2)o1. The Balaban J connectivity index is 1.44. The standard InChI is InChI=1S/C19H23N3O2/c1-11(19-21-10-15(24-19)12-5-3-2-4-6-12)22-18(23)16-13-7-8-14(9-13)17(16)20/h2-6,10-11,13-14,16-17H,7-9,20H2,1H3,(H,22,23). The number of benzene rings is 1. The van der Waals surface area contributed by atoms with Gasteiger partial charge in [0.15, 0.2) is 5.76 Å². The van der Waals surface area contributed by atoms with Gasteiger partial charge in [-0.15, -0.1) is 0 Å². The Morgan fingerprint density at radius 3 is 2.75 bits per heavy atom. The summed E-state index contributed by atoms with van der Waals surface area (Å²) < 4.78 is 5.83. The second kappa shape index (κ2) is 6.06. The van der Waals surface area contributed by atoms with Gasteiger partial charge in [-0.1, -0.05) is 30.3 Å². The molecule has 5 unspecified atom stereocenters. The van der Waals surface area contributed by atoms with Crippen molar-refractivity contribution in [1.82, 2.24) is 10.3 Å². The lowest BCUT2D eigenvalue weighted by atomic mass is 9.84. The molecule has 4 rings (SSSR count). The van der Waals surface area contributed by atoms with E-state index in [1.807, 2.05) is 37.3 Å².